The third-order valence-electron chi connectivity index (χ3n) is 2.92. The van der Waals surface area contributed by atoms with Crippen molar-refractivity contribution in [3.63, 3.8) is 0 Å². The Balaban J connectivity index is 2.84. The van der Waals surface area contributed by atoms with Crippen LogP contribution >= 0.6 is 11.6 Å². The fourth-order valence-electron chi connectivity index (χ4n) is 1.94. The zero-order valence-electron chi connectivity index (χ0n) is 13.0. The number of hydrogen-bond donors (Lipinski definition) is 0. The number of alkyl halides is 1. The van der Waals surface area contributed by atoms with Gasteiger partial charge in [0.2, 0.25) is 5.91 Å². The van der Waals surface area contributed by atoms with E-state index >= 15 is 0 Å². The number of amides is 1. The minimum atomic E-state index is -0.439. The number of carbonyl (C=O) groups is 1. The molecule has 0 bridgehead atoms. The molecule has 0 N–H and O–H groups in total. The van der Waals surface area contributed by atoms with E-state index in [0.717, 1.165) is 5.56 Å². The summed E-state index contributed by atoms with van der Waals surface area (Å²) in [5.74, 6) is 0.211. The molecule has 0 aliphatic carbocycles. The summed E-state index contributed by atoms with van der Waals surface area (Å²) in [6, 6.07) is 6.24. The summed E-state index contributed by atoms with van der Waals surface area (Å²) in [5.41, 5.74) is 0.897. The minimum absolute atomic E-state index is 0.0429. The van der Waals surface area contributed by atoms with Crippen LogP contribution in [0.25, 0.3) is 0 Å². The Morgan fingerprint density at radius 3 is 2.36 bits per heavy atom. The molecule has 0 aromatic heterocycles. The molecular weight excluding hydrogens is 304 g/mol. The van der Waals surface area contributed by atoms with Crippen LogP contribution in [-0.4, -0.2) is 27.7 Å². The van der Waals surface area contributed by atoms with Crippen molar-refractivity contribution in [3.05, 3.63) is 52.1 Å². The van der Waals surface area contributed by atoms with Gasteiger partial charge >= 0.3 is 0 Å². The van der Waals surface area contributed by atoms with Crippen LogP contribution in [0.4, 0.5) is 5.69 Å². The first-order valence-electron chi connectivity index (χ1n) is 7.14. The number of rotatable bonds is 7. The van der Waals surface area contributed by atoms with E-state index in [-0.39, 0.29) is 17.0 Å². The summed E-state index contributed by atoms with van der Waals surface area (Å²) in [5, 5.41) is 10.5. The van der Waals surface area contributed by atoms with Gasteiger partial charge in [0, 0.05) is 36.7 Å². The highest BCUT2D eigenvalue weighted by atomic mass is 35.5. The van der Waals surface area contributed by atoms with Gasteiger partial charge < -0.3 is 4.90 Å². The van der Waals surface area contributed by atoms with Crippen molar-refractivity contribution in [1.29, 1.82) is 0 Å². The van der Waals surface area contributed by atoms with Gasteiger partial charge in [0.25, 0.3) is 5.69 Å². The number of benzene rings is 1. The van der Waals surface area contributed by atoms with Gasteiger partial charge in [0.1, 0.15) is 0 Å². The predicted molar refractivity (Wildman–Crippen MR) is 87.8 cm³/mol. The first-order chi connectivity index (χ1) is 10.3. The number of nitro groups is 1. The van der Waals surface area contributed by atoms with Gasteiger partial charge in [0.15, 0.2) is 0 Å². The summed E-state index contributed by atoms with van der Waals surface area (Å²) in [4.78, 5) is 24.2. The fraction of sp³-hybridized carbons (Fsp3) is 0.438. The Kier molecular flexibility index (Phi) is 7.05. The second-order valence-corrected chi connectivity index (χ2v) is 6.26. The number of nitro benzene ring substituents is 1. The van der Waals surface area contributed by atoms with Crippen LogP contribution in [0.3, 0.4) is 0 Å². The summed E-state index contributed by atoms with van der Waals surface area (Å²) in [6.07, 6.45) is 3.12. The van der Waals surface area contributed by atoms with Crippen LogP contribution < -0.4 is 0 Å². The topological polar surface area (TPSA) is 63.5 Å². The Morgan fingerprint density at radius 1 is 1.32 bits per heavy atom. The molecule has 0 fully saturated rings. The number of halogens is 1. The fourth-order valence-corrected chi connectivity index (χ4v) is 2.01. The average molecular weight is 325 g/mol. The molecule has 1 atom stereocenters. The smallest absolute Gasteiger partial charge is 0.269 e. The highest BCUT2D eigenvalue weighted by molar-refractivity contribution is 6.21. The monoisotopic (exact) mass is 324 g/mol. The van der Waals surface area contributed by atoms with Crippen LogP contribution in [0, 0.1) is 16.0 Å². The average Bonchev–Trinajstić information content (AvgIpc) is 2.44. The van der Waals surface area contributed by atoms with Crippen molar-refractivity contribution in [2.75, 3.05) is 6.54 Å². The van der Waals surface area contributed by atoms with Crippen molar-refractivity contribution in [2.45, 2.75) is 32.7 Å². The first kappa shape index (κ1) is 18.2. The largest absolute Gasteiger partial charge is 0.335 e. The normalized spacial score (nSPS) is 12.6. The highest BCUT2D eigenvalue weighted by Gasteiger charge is 2.14. The lowest BCUT2D eigenvalue weighted by Gasteiger charge is -2.23. The van der Waals surface area contributed by atoms with Crippen LogP contribution in [0.1, 0.15) is 26.3 Å². The molecule has 1 aromatic rings. The van der Waals surface area contributed by atoms with Crippen molar-refractivity contribution in [1.82, 2.24) is 4.90 Å². The number of allylic oxidation sites excluding steroid dienone is 1. The van der Waals surface area contributed by atoms with Gasteiger partial charge in [-0.15, -0.1) is 11.6 Å². The standard InChI is InChI=1S/C16H21ClN2O3/c1-12(2)10-18(16(20)9-4-13(3)17)11-14-5-7-15(8-6-14)19(21)22/h4-9,12-13H,10-11H2,1-3H3/b9-4+. The molecule has 0 spiro atoms. The lowest BCUT2D eigenvalue weighted by Crippen LogP contribution is -2.32. The van der Waals surface area contributed by atoms with Crippen LogP contribution in [0.5, 0.6) is 0 Å². The molecule has 0 saturated heterocycles. The lowest BCUT2D eigenvalue weighted by atomic mass is 10.1. The maximum atomic E-state index is 12.2. The van der Waals surface area contributed by atoms with Crippen molar-refractivity contribution in [2.24, 2.45) is 5.92 Å². The predicted octanol–water partition coefficient (Wildman–Crippen LogP) is 3.76. The summed E-state index contributed by atoms with van der Waals surface area (Å²) in [6.45, 7) is 6.87. The Hall–Kier alpha value is -1.88. The Bertz CT molecular complexity index is 539. The molecule has 0 aliphatic rings. The van der Waals surface area contributed by atoms with Crippen molar-refractivity contribution in [3.8, 4) is 0 Å². The zero-order chi connectivity index (χ0) is 16.7. The molecule has 5 nitrogen and oxygen atoms in total. The minimum Gasteiger partial charge on any atom is -0.335 e. The molecule has 6 heteroatoms. The molecule has 0 heterocycles. The van der Waals surface area contributed by atoms with Gasteiger partial charge in [-0.2, -0.15) is 0 Å². The third kappa shape index (κ3) is 6.26. The Labute approximate surface area is 135 Å². The second kappa shape index (κ2) is 8.54. The van der Waals surface area contributed by atoms with Gasteiger partial charge in [-0.05, 0) is 18.4 Å². The van der Waals surface area contributed by atoms with Gasteiger partial charge in [0.05, 0.1) is 4.92 Å². The molecule has 0 radical (unpaired) electrons. The summed E-state index contributed by atoms with van der Waals surface area (Å²) < 4.78 is 0. The SMILES string of the molecule is CC(Cl)/C=C/C(=O)N(Cc1ccc([N+](=O)[O-])cc1)CC(C)C. The van der Waals surface area contributed by atoms with Gasteiger partial charge in [-0.1, -0.05) is 32.1 Å². The molecule has 1 rings (SSSR count). The van der Waals surface area contributed by atoms with Gasteiger partial charge in [-0.25, -0.2) is 0 Å². The number of non-ortho nitro benzene ring substituents is 1. The van der Waals surface area contributed by atoms with E-state index in [4.69, 9.17) is 11.6 Å². The maximum absolute atomic E-state index is 12.2. The van der Waals surface area contributed by atoms with E-state index in [2.05, 4.69) is 0 Å². The van der Waals surface area contributed by atoms with E-state index in [9.17, 15) is 14.9 Å². The molecule has 1 unspecified atom stereocenters. The van der Waals surface area contributed by atoms with E-state index < -0.39 is 4.92 Å². The van der Waals surface area contributed by atoms with E-state index in [1.54, 1.807) is 30.0 Å². The van der Waals surface area contributed by atoms with Crippen molar-refractivity contribution < 1.29 is 9.72 Å². The molecule has 1 amide bonds. The quantitative estimate of drug-likeness (QED) is 0.332. The molecular formula is C16H21ClN2O3. The Morgan fingerprint density at radius 2 is 1.91 bits per heavy atom. The van der Waals surface area contributed by atoms with Crippen LogP contribution in [0.15, 0.2) is 36.4 Å². The molecule has 1 aromatic carbocycles. The van der Waals surface area contributed by atoms with Crippen molar-refractivity contribution >= 4 is 23.2 Å². The summed E-state index contributed by atoms with van der Waals surface area (Å²) >= 11 is 5.82. The van der Waals surface area contributed by atoms with E-state index in [1.165, 1.54) is 18.2 Å². The van der Waals surface area contributed by atoms with Gasteiger partial charge in [-0.3, -0.25) is 14.9 Å². The van der Waals surface area contributed by atoms with Crippen LogP contribution in [-0.2, 0) is 11.3 Å². The van der Waals surface area contributed by atoms with E-state index in [1.807, 2.05) is 13.8 Å². The lowest BCUT2D eigenvalue weighted by molar-refractivity contribution is -0.384. The molecule has 0 aliphatic heterocycles. The molecule has 120 valence electrons. The highest BCUT2D eigenvalue weighted by Crippen LogP contribution is 2.14. The summed E-state index contributed by atoms with van der Waals surface area (Å²) in [7, 11) is 0. The second-order valence-electron chi connectivity index (χ2n) is 5.57. The first-order valence-corrected chi connectivity index (χ1v) is 7.57. The number of hydrogen-bond acceptors (Lipinski definition) is 3. The zero-order valence-corrected chi connectivity index (χ0v) is 13.8. The molecule has 22 heavy (non-hydrogen) atoms. The van der Waals surface area contributed by atoms with E-state index in [0.29, 0.717) is 19.0 Å². The third-order valence-corrected chi connectivity index (χ3v) is 3.07. The number of nitrogens with zero attached hydrogens (tertiary/aromatic N) is 2. The number of carbonyl (C=O) groups excluding carboxylic acids is 1. The maximum Gasteiger partial charge on any atom is 0.269 e. The van der Waals surface area contributed by atoms with Crippen LogP contribution in [0.2, 0.25) is 0 Å². The molecule has 0 saturated carbocycles.